The second-order valence-electron chi connectivity index (χ2n) is 4.59. The van der Waals surface area contributed by atoms with Crippen molar-refractivity contribution in [1.82, 2.24) is 25.0 Å². The number of hydrogen-bond acceptors (Lipinski definition) is 5. The van der Waals surface area contributed by atoms with Crippen molar-refractivity contribution in [1.29, 1.82) is 0 Å². The number of urea groups is 1. The van der Waals surface area contributed by atoms with Crippen LogP contribution in [0.2, 0.25) is 0 Å². The molecule has 1 fully saturated rings. The standard InChI is InChI=1S/C11H17N5O4/c1-2-15-6-13-14-9(15)4-12-11(20)16-5-7(17)3-8(16)10(18)19/h6-8,17H,2-5H2,1H3,(H,12,20)(H,18,19). The Labute approximate surface area is 115 Å². The van der Waals surface area contributed by atoms with Crippen molar-refractivity contribution in [2.45, 2.75) is 38.6 Å². The molecule has 1 aromatic rings. The maximum Gasteiger partial charge on any atom is 0.326 e. The number of rotatable bonds is 4. The molecule has 110 valence electrons. The molecule has 3 N–H and O–H groups in total. The van der Waals surface area contributed by atoms with Crippen molar-refractivity contribution in [3.63, 3.8) is 0 Å². The molecule has 2 amide bonds. The molecular formula is C11H17N5O4. The number of aryl methyl sites for hydroxylation is 1. The normalized spacial score (nSPS) is 22.0. The molecule has 9 heteroatoms. The van der Waals surface area contributed by atoms with Gasteiger partial charge >= 0.3 is 12.0 Å². The third kappa shape index (κ3) is 2.87. The number of hydrogen-bond donors (Lipinski definition) is 3. The molecule has 1 saturated heterocycles. The van der Waals surface area contributed by atoms with Gasteiger partial charge in [-0.3, -0.25) is 0 Å². The summed E-state index contributed by atoms with van der Waals surface area (Å²) in [4.78, 5) is 24.1. The molecule has 0 bridgehead atoms. The number of nitrogens with zero attached hydrogens (tertiary/aromatic N) is 4. The number of aromatic nitrogens is 3. The summed E-state index contributed by atoms with van der Waals surface area (Å²) in [6.45, 7) is 2.78. The van der Waals surface area contributed by atoms with Gasteiger partial charge in [-0.25, -0.2) is 9.59 Å². The Morgan fingerprint density at radius 2 is 2.30 bits per heavy atom. The van der Waals surface area contributed by atoms with E-state index in [1.165, 1.54) is 0 Å². The van der Waals surface area contributed by atoms with Gasteiger partial charge in [-0.15, -0.1) is 10.2 Å². The Morgan fingerprint density at radius 3 is 2.95 bits per heavy atom. The van der Waals surface area contributed by atoms with Crippen LogP contribution in [0, 0.1) is 0 Å². The third-order valence-electron chi connectivity index (χ3n) is 3.26. The molecule has 2 rings (SSSR count). The zero-order valence-electron chi connectivity index (χ0n) is 11.1. The average molecular weight is 283 g/mol. The van der Waals surface area contributed by atoms with Crippen LogP contribution in [-0.4, -0.2) is 60.6 Å². The fraction of sp³-hybridized carbons (Fsp3) is 0.636. The fourth-order valence-corrected chi connectivity index (χ4v) is 2.21. The van der Waals surface area contributed by atoms with Crippen LogP contribution in [0.3, 0.4) is 0 Å². The van der Waals surface area contributed by atoms with E-state index in [-0.39, 0.29) is 19.5 Å². The summed E-state index contributed by atoms with van der Waals surface area (Å²) in [5.74, 6) is -0.527. The molecule has 2 heterocycles. The quantitative estimate of drug-likeness (QED) is 0.653. The molecule has 9 nitrogen and oxygen atoms in total. The lowest BCUT2D eigenvalue weighted by Crippen LogP contribution is -2.46. The van der Waals surface area contributed by atoms with Crippen LogP contribution in [0.1, 0.15) is 19.2 Å². The van der Waals surface area contributed by atoms with Gasteiger partial charge in [-0.2, -0.15) is 0 Å². The van der Waals surface area contributed by atoms with Gasteiger partial charge < -0.3 is 25.0 Å². The summed E-state index contributed by atoms with van der Waals surface area (Å²) < 4.78 is 1.77. The molecule has 20 heavy (non-hydrogen) atoms. The number of nitrogens with one attached hydrogen (secondary N) is 1. The predicted octanol–water partition coefficient (Wildman–Crippen LogP) is -0.973. The predicted molar refractivity (Wildman–Crippen MR) is 66.7 cm³/mol. The van der Waals surface area contributed by atoms with Crippen molar-refractivity contribution in [3.05, 3.63) is 12.2 Å². The lowest BCUT2D eigenvalue weighted by atomic mass is 10.2. The van der Waals surface area contributed by atoms with Crippen LogP contribution in [-0.2, 0) is 17.9 Å². The first-order valence-electron chi connectivity index (χ1n) is 6.35. The largest absolute Gasteiger partial charge is 0.480 e. The minimum absolute atomic E-state index is 0.0171. The van der Waals surface area contributed by atoms with Gasteiger partial charge in [0, 0.05) is 19.5 Å². The molecule has 0 spiro atoms. The number of carbonyl (C=O) groups excluding carboxylic acids is 1. The molecule has 1 aliphatic heterocycles. The lowest BCUT2D eigenvalue weighted by Gasteiger charge is -2.21. The molecule has 0 aliphatic carbocycles. The number of carboxylic acid groups (broad SMARTS) is 1. The van der Waals surface area contributed by atoms with E-state index >= 15 is 0 Å². The van der Waals surface area contributed by atoms with Crippen LogP contribution >= 0.6 is 0 Å². The summed E-state index contributed by atoms with van der Waals surface area (Å²) >= 11 is 0. The summed E-state index contributed by atoms with van der Waals surface area (Å²) in [6, 6.07) is -1.52. The molecule has 0 saturated carbocycles. The van der Waals surface area contributed by atoms with Gasteiger partial charge in [-0.1, -0.05) is 0 Å². The van der Waals surface area contributed by atoms with Gasteiger partial charge in [0.15, 0.2) is 5.82 Å². The number of likely N-dealkylation sites (tertiary alicyclic amines) is 1. The highest BCUT2D eigenvalue weighted by molar-refractivity contribution is 5.83. The molecule has 1 aromatic heterocycles. The number of carbonyl (C=O) groups is 2. The fourth-order valence-electron chi connectivity index (χ4n) is 2.21. The van der Waals surface area contributed by atoms with E-state index in [1.54, 1.807) is 10.9 Å². The molecular weight excluding hydrogens is 266 g/mol. The Hall–Kier alpha value is -2.16. The van der Waals surface area contributed by atoms with Gasteiger partial charge in [0.05, 0.1) is 12.6 Å². The minimum atomic E-state index is -1.12. The van der Waals surface area contributed by atoms with E-state index < -0.39 is 24.1 Å². The Balaban J connectivity index is 1.96. The molecule has 1 aliphatic rings. The summed E-state index contributed by atoms with van der Waals surface area (Å²) in [5.41, 5.74) is 0. The maximum absolute atomic E-state index is 12.0. The van der Waals surface area contributed by atoms with E-state index in [2.05, 4.69) is 15.5 Å². The van der Waals surface area contributed by atoms with Crippen LogP contribution < -0.4 is 5.32 Å². The van der Waals surface area contributed by atoms with E-state index in [4.69, 9.17) is 5.11 Å². The van der Waals surface area contributed by atoms with E-state index in [9.17, 15) is 14.7 Å². The number of aliphatic hydroxyl groups is 1. The molecule has 2 atom stereocenters. The van der Waals surface area contributed by atoms with Crippen molar-refractivity contribution in [3.8, 4) is 0 Å². The molecule has 0 radical (unpaired) electrons. The Bertz CT molecular complexity index is 503. The minimum Gasteiger partial charge on any atom is -0.480 e. The van der Waals surface area contributed by atoms with Crippen LogP contribution in [0.25, 0.3) is 0 Å². The highest BCUT2D eigenvalue weighted by atomic mass is 16.4. The number of amides is 2. The highest BCUT2D eigenvalue weighted by Gasteiger charge is 2.38. The van der Waals surface area contributed by atoms with Gasteiger partial charge in [0.1, 0.15) is 12.4 Å². The van der Waals surface area contributed by atoms with Crippen LogP contribution in [0.5, 0.6) is 0 Å². The Kier molecular flexibility index (Phi) is 4.18. The van der Waals surface area contributed by atoms with Crippen molar-refractivity contribution >= 4 is 12.0 Å². The first-order valence-corrected chi connectivity index (χ1v) is 6.35. The SMILES string of the molecule is CCn1cnnc1CNC(=O)N1CC(O)CC1C(=O)O. The molecule has 0 aromatic carbocycles. The second-order valence-corrected chi connectivity index (χ2v) is 4.59. The number of carboxylic acids is 1. The number of aliphatic hydroxyl groups excluding tert-OH is 1. The van der Waals surface area contributed by atoms with Crippen molar-refractivity contribution < 1.29 is 19.8 Å². The zero-order chi connectivity index (χ0) is 14.7. The first-order chi connectivity index (χ1) is 9.52. The molecule has 2 unspecified atom stereocenters. The first kappa shape index (κ1) is 14.3. The topological polar surface area (TPSA) is 121 Å². The Morgan fingerprint density at radius 1 is 1.55 bits per heavy atom. The van der Waals surface area contributed by atoms with Gasteiger partial charge in [0.2, 0.25) is 0 Å². The highest BCUT2D eigenvalue weighted by Crippen LogP contribution is 2.18. The number of β-amino-alcohol motifs (C(OH)–C–C–N with tert-alkyl or cyclic N) is 1. The second kappa shape index (κ2) is 5.87. The van der Waals surface area contributed by atoms with E-state index in [1.807, 2.05) is 6.92 Å². The van der Waals surface area contributed by atoms with Crippen LogP contribution in [0.4, 0.5) is 4.79 Å². The maximum atomic E-state index is 12.0. The van der Waals surface area contributed by atoms with E-state index in [0.29, 0.717) is 12.4 Å². The monoisotopic (exact) mass is 283 g/mol. The summed E-state index contributed by atoms with van der Waals surface area (Å²) in [6.07, 6.45) is 0.802. The van der Waals surface area contributed by atoms with Gasteiger partial charge in [-0.05, 0) is 6.92 Å². The number of aliphatic carboxylic acids is 1. The smallest absolute Gasteiger partial charge is 0.326 e. The average Bonchev–Trinajstić information content (AvgIpc) is 3.01. The summed E-state index contributed by atoms with van der Waals surface area (Å²) in [7, 11) is 0. The van der Waals surface area contributed by atoms with Gasteiger partial charge in [0.25, 0.3) is 0 Å². The third-order valence-corrected chi connectivity index (χ3v) is 3.26. The van der Waals surface area contributed by atoms with Crippen molar-refractivity contribution in [2.75, 3.05) is 6.54 Å². The zero-order valence-corrected chi connectivity index (χ0v) is 11.1. The van der Waals surface area contributed by atoms with Crippen LogP contribution in [0.15, 0.2) is 6.33 Å². The van der Waals surface area contributed by atoms with E-state index in [0.717, 1.165) is 4.90 Å². The van der Waals surface area contributed by atoms with Crippen molar-refractivity contribution in [2.24, 2.45) is 0 Å². The summed E-state index contributed by atoms with van der Waals surface area (Å²) in [5, 5.41) is 28.7. The lowest BCUT2D eigenvalue weighted by molar-refractivity contribution is -0.141.